The lowest BCUT2D eigenvalue weighted by Gasteiger charge is -2.10. The van der Waals surface area contributed by atoms with E-state index < -0.39 is 0 Å². The highest BCUT2D eigenvalue weighted by atomic mass is 35.5. The molecule has 3 N–H and O–H groups in total. The Morgan fingerprint density at radius 2 is 2.08 bits per heavy atom. The van der Waals surface area contributed by atoms with E-state index in [0.29, 0.717) is 21.7 Å². The van der Waals surface area contributed by atoms with Crippen LogP contribution in [0.2, 0.25) is 5.02 Å². The van der Waals surface area contributed by atoms with Crippen molar-refractivity contribution in [3.8, 4) is 0 Å². The average Bonchev–Trinajstić information content (AvgIpc) is 3.22. The molecule has 4 rings (SSSR count). The molecule has 25 heavy (non-hydrogen) atoms. The van der Waals surface area contributed by atoms with Gasteiger partial charge in [0.25, 0.3) is 5.91 Å². The predicted octanol–water partition coefficient (Wildman–Crippen LogP) is 3.43. The molecule has 0 spiro atoms. The fourth-order valence-corrected chi connectivity index (χ4v) is 3.50. The summed E-state index contributed by atoms with van der Waals surface area (Å²) < 4.78 is 1.83. The Morgan fingerprint density at radius 1 is 1.28 bits per heavy atom. The van der Waals surface area contributed by atoms with Crippen LogP contribution in [0, 0.1) is 0 Å². The second kappa shape index (κ2) is 6.33. The van der Waals surface area contributed by atoms with Crippen LogP contribution >= 0.6 is 11.6 Å². The van der Waals surface area contributed by atoms with E-state index >= 15 is 0 Å². The first-order valence-corrected chi connectivity index (χ1v) is 8.57. The largest absolute Gasteiger partial charge is 0.383 e. The van der Waals surface area contributed by atoms with Gasteiger partial charge in [0.15, 0.2) is 11.3 Å². The SMILES string of the molecule is Nc1ncnc2c1c(C(=O)Nc1cccc(Cl)c1)nn2C1CCCC1. The summed E-state index contributed by atoms with van der Waals surface area (Å²) in [6.07, 6.45) is 5.75. The molecule has 1 aromatic carbocycles. The zero-order chi connectivity index (χ0) is 17.4. The number of fused-ring (bicyclic) bond motifs is 1. The lowest BCUT2D eigenvalue weighted by Crippen LogP contribution is -2.14. The number of carbonyl (C=O) groups excluding carboxylic acids is 1. The topological polar surface area (TPSA) is 98.7 Å². The second-order valence-electron chi connectivity index (χ2n) is 6.15. The molecule has 1 aliphatic carbocycles. The van der Waals surface area contributed by atoms with Crippen molar-refractivity contribution in [3.05, 3.63) is 41.3 Å². The van der Waals surface area contributed by atoms with E-state index in [-0.39, 0.29) is 23.5 Å². The summed E-state index contributed by atoms with van der Waals surface area (Å²) in [5.74, 6) is -0.101. The van der Waals surface area contributed by atoms with Gasteiger partial charge in [-0.25, -0.2) is 14.6 Å². The first-order chi connectivity index (χ1) is 12.1. The minimum Gasteiger partial charge on any atom is -0.383 e. The minimum absolute atomic E-state index is 0.236. The van der Waals surface area contributed by atoms with Gasteiger partial charge in [-0.15, -0.1) is 0 Å². The fraction of sp³-hybridized carbons (Fsp3) is 0.294. The molecular weight excluding hydrogens is 340 g/mol. The average molecular weight is 357 g/mol. The van der Waals surface area contributed by atoms with Crippen molar-refractivity contribution in [2.75, 3.05) is 11.1 Å². The molecule has 1 saturated carbocycles. The normalized spacial score (nSPS) is 14.9. The maximum atomic E-state index is 12.8. The Morgan fingerprint density at radius 3 is 2.84 bits per heavy atom. The molecule has 0 unspecified atom stereocenters. The number of halogens is 1. The number of nitrogens with two attached hydrogens (primary N) is 1. The van der Waals surface area contributed by atoms with Gasteiger partial charge >= 0.3 is 0 Å². The molecule has 128 valence electrons. The van der Waals surface area contributed by atoms with E-state index in [9.17, 15) is 4.79 Å². The first-order valence-electron chi connectivity index (χ1n) is 8.19. The van der Waals surface area contributed by atoms with Gasteiger partial charge in [-0.1, -0.05) is 30.5 Å². The van der Waals surface area contributed by atoms with E-state index in [4.69, 9.17) is 17.3 Å². The van der Waals surface area contributed by atoms with E-state index in [1.54, 1.807) is 24.3 Å². The highest BCUT2D eigenvalue weighted by molar-refractivity contribution is 6.31. The van der Waals surface area contributed by atoms with Crippen LogP contribution in [0.5, 0.6) is 0 Å². The van der Waals surface area contributed by atoms with Crippen molar-refractivity contribution < 1.29 is 4.79 Å². The number of anilines is 2. The van der Waals surface area contributed by atoms with Crippen molar-refractivity contribution in [3.63, 3.8) is 0 Å². The Balaban J connectivity index is 1.77. The predicted molar refractivity (Wildman–Crippen MR) is 96.6 cm³/mol. The fourth-order valence-electron chi connectivity index (χ4n) is 3.31. The minimum atomic E-state index is -0.356. The van der Waals surface area contributed by atoms with Gasteiger partial charge in [-0.3, -0.25) is 4.79 Å². The number of hydrogen-bond acceptors (Lipinski definition) is 5. The third-order valence-electron chi connectivity index (χ3n) is 4.49. The molecule has 0 aliphatic heterocycles. The standard InChI is InChI=1S/C17H17ClN6O/c18-10-4-3-5-11(8-10)22-17(25)14-13-15(19)20-9-21-16(13)24(23-14)12-6-1-2-7-12/h3-5,8-9,12H,1-2,6-7H2,(H,22,25)(H2,19,20,21). The number of aromatic nitrogens is 4. The van der Waals surface area contributed by atoms with Crippen LogP contribution in [0.15, 0.2) is 30.6 Å². The van der Waals surface area contributed by atoms with Crippen LogP contribution in [-0.4, -0.2) is 25.7 Å². The molecular formula is C17H17ClN6O. The van der Waals surface area contributed by atoms with Crippen LogP contribution in [0.3, 0.4) is 0 Å². The van der Waals surface area contributed by atoms with Crippen LogP contribution in [0.1, 0.15) is 42.2 Å². The van der Waals surface area contributed by atoms with Crippen molar-refractivity contribution in [2.24, 2.45) is 0 Å². The number of nitrogen functional groups attached to an aromatic ring is 1. The molecule has 1 amide bonds. The summed E-state index contributed by atoms with van der Waals surface area (Å²) in [5.41, 5.74) is 7.46. The van der Waals surface area contributed by atoms with E-state index in [2.05, 4.69) is 20.4 Å². The van der Waals surface area contributed by atoms with Gasteiger partial charge in [0.05, 0.1) is 11.4 Å². The number of carbonyl (C=O) groups is 1. The molecule has 7 nitrogen and oxygen atoms in total. The van der Waals surface area contributed by atoms with Crippen molar-refractivity contribution in [1.29, 1.82) is 0 Å². The zero-order valence-electron chi connectivity index (χ0n) is 13.4. The van der Waals surface area contributed by atoms with Crippen molar-refractivity contribution >= 4 is 40.0 Å². The van der Waals surface area contributed by atoms with E-state index in [1.807, 2.05) is 4.68 Å². The lowest BCUT2D eigenvalue weighted by molar-refractivity contribution is 0.102. The van der Waals surface area contributed by atoms with Gasteiger partial charge in [0.1, 0.15) is 12.1 Å². The molecule has 0 saturated heterocycles. The highest BCUT2D eigenvalue weighted by Gasteiger charge is 2.26. The van der Waals surface area contributed by atoms with Gasteiger partial charge in [-0.05, 0) is 31.0 Å². The number of amides is 1. The molecule has 1 fully saturated rings. The van der Waals surface area contributed by atoms with Gasteiger partial charge in [0, 0.05) is 10.7 Å². The van der Waals surface area contributed by atoms with Crippen molar-refractivity contribution in [1.82, 2.24) is 19.7 Å². The van der Waals surface area contributed by atoms with Crippen LogP contribution in [0.25, 0.3) is 11.0 Å². The maximum absolute atomic E-state index is 12.8. The summed E-state index contributed by atoms with van der Waals surface area (Å²) in [4.78, 5) is 21.1. The Kier molecular flexibility index (Phi) is 4.01. The summed E-state index contributed by atoms with van der Waals surface area (Å²) in [5, 5.41) is 8.39. The van der Waals surface area contributed by atoms with Crippen LogP contribution in [0.4, 0.5) is 11.5 Å². The van der Waals surface area contributed by atoms with Gasteiger partial charge in [-0.2, -0.15) is 5.10 Å². The quantitative estimate of drug-likeness (QED) is 0.749. The lowest BCUT2D eigenvalue weighted by atomic mass is 10.2. The highest BCUT2D eigenvalue weighted by Crippen LogP contribution is 2.33. The zero-order valence-corrected chi connectivity index (χ0v) is 14.2. The molecule has 2 aromatic heterocycles. The van der Waals surface area contributed by atoms with E-state index in [1.165, 1.54) is 6.33 Å². The van der Waals surface area contributed by atoms with Gasteiger partial charge < -0.3 is 11.1 Å². The third-order valence-corrected chi connectivity index (χ3v) is 4.72. The summed E-state index contributed by atoms with van der Waals surface area (Å²) >= 11 is 5.97. The molecule has 0 atom stereocenters. The summed E-state index contributed by atoms with van der Waals surface area (Å²) in [6, 6.07) is 7.19. The number of benzene rings is 1. The molecule has 3 aromatic rings. The Bertz CT molecular complexity index is 947. The Hall–Kier alpha value is -2.67. The number of nitrogens with one attached hydrogen (secondary N) is 1. The van der Waals surface area contributed by atoms with Crippen LogP contribution < -0.4 is 11.1 Å². The van der Waals surface area contributed by atoms with Gasteiger partial charge in [0.2, 0.25) is 0 Å². The molecule has 0 radical (unpaired) electrons. The molecule has 0 bridgehead atoms. The number of rotatable bonds is 3. The molecule has 1 aliphatic rings. The van der Waals surface area contributed by atoms with Crippen molar-refractivity contribution in [2.45, 2.75) is 31.7 Å². The second-order valence-corrected chi connectivity index (χ2v) is 6.59. The Labute approximate surface area is 149 Å². The van der Waals surface area contributed by atoms with Crippen LogP contribution in [-0.2, 0) is 0 Å². The monoisotopic (exact) mass is 356 g/mol. The maximum Gasteiger partial charge on any atom is 0.277 e. The smallest absolute Gasteiger partial charge is 0.277 e. The van der Waals surface area contributed by atoms with E-state index in [0.717, 1.165) is 25.7 Å². The molecule has 8 heteroatoms. The summed E-state index contributed by atoms with van der Waals surface area (Å²) in [7, 11) is 0. The molecule has 2 heterocycles. The summed E-state index contributed by atoms with van der Waals surface area (Å²) in [6.45, 7) is 0. The third kappa shape index (κ3) is 2.91. The number of nitrogens with zero attached hydrogens (tertiary/aromatic N) is 4. The first kappa shape index (κ1) is 15.8. The number of hydrogen-bond donors (Lipinski definition) is 2.